The zero-order valence-electron chi connectivity index (χ0n) is 11.0. The minimum atomic E-state index is -0.343. The van der Waals surface area contributed by atoms with Gasteiger partial charge in [0.15, 0.2) is 0 Å². The molecule has 0 aromatic heterocycles. The molecule has 0 saturated heterocycles. The van der Waals surface area contributed by atoms with Crippen LogP contribution in [-0.4, -0.2) is 5.12 Å². The second kappa shape index (κ2) is 7.58. The first-order valence-electron chi connectivity index (χ1n) is 6.10. The lowest BCUT2D eigenvalue weighted by Crippen LogP contribution is -2.05. The Morgan fingerprint density at radius 2 is 1.38 bits per heavy atom. The van der Waals surface area contributed by atoms with Crippen molar-refractivity contribution in [1.29, 1.82) is 5.26 Å². The van der Waals surface area contributed by atoms with Crippen LogP contribution < -0.4 is 5.73 Å². The molecule has 21 heavy (non-hydrogen) atoms. The van der Waals surface area contributed by atoms with Crippen LogP contribution in [-0.2, 0) is 4.79 Å². The van der Waals surface area contributed by atoms with Crippen LogP contribution in [0.3, 0.4) is 0 Å². The van der Waals surface area contributed by atoms with Gasteiger partial charge in [-0.25, -0.2) is 0 Å². The molecule has 0 heterocycles. The lowest BCUT2D eigenvalue weighted by Gasteiger charge is -2.04. The van der Waals surface area contributed by atoms with E-state index in [0.29, 0.717) is 0 Å². The van der Waals surface area contributed by atoms with Gasteiger partial charge >= 0.3 is 0 Å². The molecule has 3 nitrogen and oxygen atoms in total. The SMILES string of the molecule is N#C/C(C(=O)Sc1ccccc1)=C(/N)Sc1ccccc1. The number of thioether (sulfide) groups is 2. The van der Waals surface area contributed by atoms with Gasteiger partial charge in [0.1, 0.15) is 11.6 Å². The van der Waals surface area contributed by atoms with E-state index in [0.717, 1.165) is 21.6 Å². The molecule has 0 aliphatic heterocycles. The molecule has 2 rings (SSSR count). The summed E-state index contributed by atoms with van der Waals surface area (Å²) in [6.45, 7) is 0. The summed E-state index contributed by atoms with van der Waals surface area (Å²) in [7, 11) is 0. The minimum absolute atomic E-state index is 0.0160. The van der Waals surface area contributed by atoms with Gasteiger partial charge in [0, 0.05) is 9.79 Å². The Kier molecular flexibility index (Phi) is 5.50. The van der Waals surface area contributed by atoms with Crippen LogP contribution in [0.2, 0.25) is 0 Å². The maximum absolute atomic E-state index is 12.2. The number of nitriles is 1. The summed E-state index contributed by atoms with van der Waals surface area (Å²) < 4.78 is 0. The van der Waals surface area contributed by atoms with Gasteiger partial charge in [-0.2, -0.15) is 5.26 Å². The largest absolute Gasteiger partial charge is 0.392 e. The molecule has 0 bridgehead atoms. The molecule has 2 aromatic rings. The van der Waals surface area contributed by atoms with Gasteiger partial charge in [-0.05, 0) is 36.0 Å². The van der Waals surface area contributed by atoms with Crippen molar-refractivity contribution in [3.8, 4) is 6.07 Å². The fraction of sp³-hybridized carbons (Fsp3) is 0. The molecule has 2 aromatic carbocycles. The molecule has 104 valence electrons. The first-order valence-corrected chi connectivity index (χ1v) is 7.74. The zero-order chi connectivity index (χ0) is 15.1. The molecule has 0 unspecified atom stereocenters. The van der Waals surface area contributed by atoms with E-state index < -0.39 is 0 Å². The van der Waals surface area contributed by atoms with Gasteiger partial charge in [0.2, 0.25) is 5.12 Å². The Labute approximate surface area is 131 Å². The first kappa shape index (κ1) is 15.2. The van der Waals surface area contributed by atoms with E-state index in [-0.39, 0.29) is 15.7 Å². The maximum Gasteiger partial charge on any atom is 0.237 e. The number of nitrogens with zero attached hydrogens (tertiary/aromatic N) is 1. The van der Waals surface area contributed by atoms with Crippen molar-refractivity contribution in [3.05, 3.63) is 71.3 Å². The molecule has 0 saturated carbocycles. The van der Waals surface area contributed by atoms with Gasteiger partial charge < -0.3 is 5.73 Å². The normalized spacial score (nSPS) is 11.4. The fourth-order valence-electron chi connectivity index (χ4n) is 1.51. The smallest absolute Gasteiger partial charge is 0.237 e. The fourth-order valence-corrected chi connectivity index (χ4v) is 3.13. The van der Waals surface area contributed by atoms with Crippen LogP contribution in [0.1, 0.15) is 0 Å². The van der Waals surface area contributed by atoms with Crippen molar-refractivity contribution in [2.45, 2.75) is 9.79 Å². The van der Waals surface area contributed by atoms with Crippen LogP contribution >= 0.6 is 23.5 Å². The molecule has 2 N–H and O–H groups in total. The van der Waals surface area contributed by atoms with Gasteiger partial charge in [0.25, 0.3) is 0 Å². The summed E-state index contributed by atoms with van der Waals surface area (Å²) >= 11 is 2.22. The molecular weight excluding hydrogens is 300 g/mol. The van der Waals surface area contributed by atoms with Crippen LogP contribution in [0.4, 0.5) is 0 Å². The molecule has 0 aliphatic rings. The van der Waals surface area contributed by atoms with Crippen molar-refractivity contribution < 1.29 is 4.79 Å². The Morgan fingerprint density at radius 1 is 0.905 bits per heavy atom. The van der Waals surface area contributed by atoms with Gasteiger partial charge in [-0.3, -0.25) is 4.79 Å². The maximum atomic E-state index is 12.2. The first-order chi connectivity index (χ1) is 10.2. The summed E-state index contributed by atoms with van der Waals surface area (Å²) in [5.74, 6) is 0. The number of benzene rings is 2. The van der Waals surface area contributed by atoms with Crippen molar-refractivity contribution >= 4 is 28.6 Å². The van der Waals surface area contributed by atoms with E-state index in [4.69, 9.17) is 5.73 Å². The molecule has 0 amide bonds. The lowest BCUT2D eigenvalue weighted by molar-refractivity contribution is -0.107. The number of nitrogens with two attached hydrogens (primary N) is 1. The van der Waals surface area contributed by atoms with Crippen molar-refractivity contribution in [3.63, 3.8) is 0 Å². The summed E-state index contributed by atoms with van der Waals surface area (Å²) in [6.07, 6.45) is 0. The second-order valence-corrected chi connectivity index (χ2v) is 6.13. The highest BCUT2D eigenvalue weighted by molar-refractivity contribution is 8.14. The number of hydrogen-bond acceptors (Lipinski definition) is 5. The highest BCUT2D eigenvalue weighted by Gasteiger charge is 2.16. The van der Waals surface area contributed by atoms with E-state index in [1.165, 1.54) is 11.8 Å². The lowest BCUT2D eigenvalue weighted by atomic mass is 10.3. The second-order valence-electron chi connectivity index (χ2n) is 3.97. The predicted molar refractivity (Wildman–Crippen MR) is 86.4 cm³/mol. The Bertz CT molecular complexity index is 691. The molecule has 0 fully saturated rings. The van der Waals surface area contributed by atoms with Crippen molar-refractivity contribution in [2.24, 2.45) is 5.73 Å². The highest BCUT2D eigenvalue weighted by atomic mass is 32.2. The minimum Gasteiger partial charge on any atom is -0.392 e. The third-order valence-corrected chi connectivity index (χ3v) is 4.32. The van der Waals surface area contributed by atoms with Crippen LogP contribution in [0, 0.1) is 11.3 Å². The Morgan fingerprint density at radius 3 is 1.86 bits per heavy atom. The topological polar surface area (TPSA) is 66.9 Å². The summed E-state index contributed by atoms with van der Waals surface area (Å²) in [4.78, 5) is 13.8. The van der Waals surface area contributed by atoms with Crippen molar-refractivity contribution in [2.75, 3.05) is 0 Å². The van der Waals surface area contributed by atoms with E-state index in [1.54, 1.807) is 0 Å². The highest BCUT2D eigenvalue weighted by Crippen LogP contribution is 2.29. The van der Waals surface area contributed by atoms with E-state index in [2.05, 4.69) is 0 Å². The number of carbonyl (C=O) groups is 1. The van der Waals surface area contributed by atoms with E-state index in [1.807, 2.05) is 66.7 Å². The monoisotopic (exact) mass is 312 g/mol. The Balaban J connectivity index is 2.16. The standard InChI is InChI=1S/C16H12N2OS2/c17-11-14(15(18)20-12-7-3-1-4-8-12)16(19)21-13-9-5-2-6-10-13/h1-10H,18H2/b15-14+. The van der Waals surface area contributed by atoms with Crippen LogP contribution in [0.5, 0.6) is 0 Å². The van der Waals surface area contributed by atoms with Gasteiger partial charge in [-0.1, -0.05) is 48.2 Å². The van der Waals surface area contributed by atoms with Crippen LogP contribution in [0.25, 0.3) is 0 Å². The summed E-state index contributed by atoms with van der Waals surface area (Å²) in [5.41, 5.74) is 5.88. The average molecular weight is 312 g/mol. The van der Waals surface area contributed by atoms with E-state index in [9.17, 15) is 10.1 Å². The molecule has 0 aliphatic carbocycles. The number of rotatable bonds is 4. The van der Waals surface area contributed by atoms with Crippen molar-refractivity contribution in [1.82, 2.24) is 0 Å². The number of carbonyl (C=O) groups excluding carboxylic acids is 1. The molecule has 0 spiro atoms. The molecule has 5 heteroatoms. The molecule has 0 radical (unpaired) electrons. The Hall–Kier alpha value is -2.16. The molecular formula is C16H12N2OS2. The van der Waals surface area contributed by atoms with Crippen LogP contribution in [0.15, 0.2) is 81.1 Å². The summed E-state index contributed by atoms with van der Waals surface area (Å²) in [6, 6.07) is 20.5. The third-order valence-electron chi connectivity index (χ3n) is 2.49. The number of hydrogen-bond donors (Lipinski definition) is 1. The predicted octanol–water partition coefficient (Wildman–Crippen LogP) is 3.79. The zero-order valence-corrected chi connectivity index (χ0v) is 12.7. The summed E-state index contributed by atoms with van der Waals surface area (Å²) in [5, 5.41) is 9.06. The quantitative estimate of drug-likeness (QED) is 0.528. The molecule has 0 atom stereocenters. The van der Waals surface area contributed by atoms with Gasteiger partial charge in [0.05, 0.1) is 5.03 Å². The third kappa shape index (κ3) is 4.42. The average Bonchev–Trinajstić information content (AvgIpc) is 2.50. The van der Waals surface area contributed by atoms with Gasteiger partial charge in [-0.15, -0.1) is 0 Å². The van der Waals surface area contributed by atoms with E-state index >= 15 is 0 Å².